The van der Waals surface area contributed by atoms with Gasteiger partial charge in [0.2, 0.25) is 0 Å². The summed E-state index contributed by atoms with van der Waals surface area (Å²) >= 11 is 0. The van der Waals surface area contributed by atoms with E-state index in [0.29, 0.717) is 35.5 Å². The van der Waals surface area contributed by atoms with Crippen molar-refractivity contribution in [2.24, 2.45) is 0 Å². The van der Waals surface area contributed by atoms with Gasteiger partial charge in [0.25, 0.3) is 0 Å². The van der Waals surface area contributed by atoms with Gasteiger partial charge in [0.15, 0.2) is 0 Å². The van der Waals surface area contributed by atoms with Gasteiger partial charge in [0.1, 0.15) is 0 Å². The van der Waals surface area contributed by atoms with Crippen molar-refractivity contribution in [2.45, 2.75) is 155 Å². The van der Waals surface area contributed by atoms with Gasteiger partial charge in [0, 0.05) is 0 Å². The fraction of sp³-hybridized carbons (Fsp3) is 0.316. The SMILES string of the molecule is CC(C)c1cc(-c2c3cccc4c5c(C(C)C)cc(C(C)C)cc5c(c34)c3c4ccc5c6ccc7c8c(ccc(c9ccc(c23)c4c95)c86)-c2c-7c(C3CCCCC3)c3ccccc3c2C2CCCCC2)cc(C(C)C)c1. The van der Waals surface area contributed by atoms with Crippen molar-refractivity contribution in [3.63, 3.8) is 0 Å². The molecule has 0 aromatic heterocycles. The van der Waals surface area contributed by atoms with Crippen LogP contribution in [0.3, 0.4) is 0 Å². The minimum atomic E-state index is 0.397. The molecule has 2 fully saturated rings. The quantitative estimate of drug-likeness (QED) is 0.110. The third-order valence-electron chi connectivity index (χ3n) is 20.3. The first-order valence-electron chi connectivity index (χ1n) is 29.8. The first kappa shape index (κ1) is 45.4. The number of hydrogen-bond acceptors (Lipinski definition) is 0. The fourth-order valence-corrected chi connectivity index (χ4v) is 16.7. The molecule has 0 N–H and O–H groups in total. The van der Waals surface area contributed by atoms with Crippen LogP contribution in [0.15, 0.2) is 121 Å². The molecule has 3 aliphatic carbocycles. The highest BCUT2D eigenvalue weighted by molar-refractivity contribution is 6.51. The molecule has 0 unspecified atom stereocenters. The van der Waals surface area contributed by atoms with E-state index in [0.717, 1.165) is 0 Å². The fourth-order valence-electron chi connectivity index (χ4n) is 16.7. The lowest BCUT2D eigenvalue weighted by molar-refractivity contribution is 0.443. The molecule has 0 atom stereocenters. The van der Waals surface area contributed by atoms with Gasteiger partial charge in [-0.2, -0.15) is 0 Å². The molecule has 0 spiro atoms. The third-order valence-corrected chi connectivity index (χ3v) is 20.3. The van der Waals surface area contributed by atoms with Gasteiger partial charge >= 0.3 is 0 Å². The summed E-state index contributed by atoms with van der Waals surface area (Å²) in [5, 5.41) is 28.8. The smallest absolute Gasteiger partial charge is 0.000696 e. The summed E-state index contributed by atoms with van der Waals surface area (Å²) in [4.78, 5) is 0. The van der Waals surface area contributed by atoms with Crippen LogP contribution >= 0.6 is 0 Å². The summed E-state index contributed by atoms with van der Waals surface area (Å²) in [5.41, 5.74) is 18.0. The molecule has 0 aliphatic heterocycles. The Labute approximate surface area is 448 Å². The first-order valence-corrected chi connectivity index (χ1v) is 29.8. The maximum Gasteiger partial charge on any atom is -0.000696 e. The van der Waals surface area contributed by atoms with Crippen LogP contribution in [0, 0.1) is 0 Å². The molecular weight excluding hydrogens is 913 g/mol. The number of hydrogen-bond donors (Lipinski definition) is 0. The van der Waals surface area contributed by atoms with Gasteiger partial charge in [-0.05, 0) is 236 Å². The lowest BCUT2D eigenvalue weighted by Crippen LogP contribution is -2.11. The second-order valence-corrected chi connectivity index (χ2v) is 25.7. The largest absolute Gasteiger partial charge is 0.0616 e. The van der Waals surface area contributed by atoms with Crippen LogP contribution in [0.5, 0.6) is 0 Å². The molecule has 0 nitrogen and oxygen atoms in total. The number of benzene rings is 11. The molecular formula is C76H70. The molecule has 0 radical (unpaired) electrons. The van der Waals surface area contributed by atoms with Crippen LogP contribution in [0.1, 0.15) is 188 Å². The van der Waals surface area contributed by atoms with Crippen molar-refractivity contribution in [3.05, 3.63) is 155 Å². The molecule has 16 rings (SSSR count). The van der Waals surface area contributed by atoms with E-state index in [4.69, 9.17) is 0 Å². The van der Waals surface area contributed by atoms with E-state index in [1.165, 1.54) is 206 Å². The Morgan fingerprint density at radius 2 is 0.711 bits per heavy atom. The van der Waals surface area contributed by atoms with Crippen molar-refractivity contribution < 1.29 is 0 Å². The van der Waals surface area contributed by atoms with Crippen LogP contribution in [0.25, 0.3) is 141 Å². The lowest BCUT2D eigenvalue weighted by atomic mass is 9.73. The Morgan fingerprint density at radius 1 is 0.289 bits per heavy atom. The van der Waals surface area contributed by atoms with Crippen LogP contribution in [-0.2, 0) is 0 Å². The minimum Gasteiger partial charge on any atom is -0.0616 e. The van der Waals surface area contributed by atoms with E-state index >= 15 is 0 Å². The second-order valence-electron chi connectivity index (χ2n) is 25.7. The average Bonchev–Trinajstić information content (AvgIpc) is 3.98. The van der Waals surface area contributed by atoms with E-state index in [-0.39, 0.29) is 0 Å². The molecule has 3 aliphatic rings. The van der Waals surface area contributed by atoms with Gasteiger partial charge in [-0.1, -0.05) is 215 Å². The summed E-state index contributed by atoms with van der Waals surface area (Å²) < 4.78 is 0. The van der Waals surface area contributed by atoms with Gasteiger partial charge < -0.3 is 0 Å². The first-order chi connectivity index (χ1) is 37.1. The Balaban J connectivity index is 1.06. The topological polar surface area (TPSA) is 0 Å². The van der Waals surface area contributed by atoms with E-state index in [9.17, 15) is 0 Å². The molecule has 0 heteroatoms. The molecule has 0 amide bonds. The van der Waals surface area contributed by atoms with Crippen LogP contribution in [-0.4, -0.2) is 0 Å². The Hall–Kier alpha value is -6.76. The summed E-state index contributed by atoms with van der Waals surface area (Å²) in [6.45, 7) is 19.0. The predicted octanol–water partition coefficient (Wildman–Crippen LogP) is 23.4. The van der Waals surface area contributed by atoms with Crippen molar-refractivity contribution in [1.29, 1.82) is 0 Å². The van der Waals surface area contributed by atoms with Crippen LogP contribution in [0.4, 0.5) is 0 Å². The van der Waals surface area contributed by atoms with Gasteiger partial charge in [-0.15, -0.1) is 0 Å². The molecule has 13 aromatic rings. The summed E-state index contributed by atoms with van der Waals surface area (Å²) in [6.07, 6.45) is 13.3. The third kappa shape index (κ3) is 5.97. The van der Waals surface area contributed by atoms with Crippen molar-refractivity contribution in [3.8, 4) is 33.4 Å². The molecule has 13 aromatic carbocycles. The zero-order valence-electron chi connectivity index (χ0n) is 46.1. The van der Waals surface area contributed by atoms with Gasteiger partial charge in [0.05, 0.1) is 0 Å². The van der Waals surface area contributed by atoms with Crippen LogP contribution < -0.4 is 0 Å². The van der Waals surface area contributed by atoms with Crippen molar-refractivity contribution in [1.82, 2.24) is 0 Å². The standard InChI is InChI=1S/C76H70/c1-39(2)45-34-46(40(3)4)36-48(35-45)65-55-24-17-25-56-66-61(42(7)8)37-47(41(5)6)38-62(66)76(71(55)56)75-60-33-29-54-52-27-31-58-69-57(30-26-51(67(52)69)53-28-32-59(74(65)75)70(60)68(53)54)72-63(43-18-11-9-12-19-43)49-22-15-16-23-50(49)64(73(58)72)44-20-13-10-14-21-44/h15-17,22-44H,9-14,18-21H2,1-8H3. The highest BCUT2D eigenvalue weighted by Crippen LogP contribution is 2.62. The Bertz CT molecular complexity index is 4430. The monoisotopic (exact) mass is 983 g/mol. The predicted molar refractivity (Wildman–Crippen MR) is 333 cm³/mol. The molecule has 0 bridgehead atoms. The zero-order valence-corrected chi connectivity index (χ0v) is 46.1. The molecule has 0 heterocycles. The Kier molecular flexibility index (Phi) is 9.79. The average molecular weight is 983 g/mol. The van der Waals surface area contributed by atoms with Crippen LogP contribution in [0.2, 0.25) is 0 Å². The van der Waals surface area contributed by atoms with Gasteiger partial charge in [-0.25, -0.2) is 0 Å². The Morgan fingerprint density at radius 3 is 1.25 bits per heavy atom. The van der Waals surface area contributed by atoms with Gasteiger partial charge in [-0.3, -0.25) is 0 Å². The number of rotatable bonds is 7. The summed E-state index contributed by atoms with van der Waals surface area (Å²) in [5.74, 6) is 2.86. The van der Waals surface area contributed by atoms with Crippen molar-refractivity contribution in [2.75, 3.05) is 0 Å². The minimum absolute atomic E-state index is 0.397. The number of fused-ring (bicyclic) bond motifs is 13. The second kappa shape index (κ2) is 16.4. The molecule has 76 heavy (non-hydrogen) atoms. The summed E-state index contributed by atoms with van der Waals surface area (Å²) in [6, 6.07) is 50.3. The zero-order chi connectivity index (χ0) is 51.2. The summed E-state index contributed by atoms with van der Waals surface area (Å²) in [7, 11) is 0. The van der Waals surface area contributed by atoms with Crippen molar-refractivity contribution >= 4 is 108 Å². The van der Waals surface area contributed by atoms with E-state index < -0.39 is 0 Å². The van der Waals surface area contributed by atoms with E-state index in [1.54, 1.807) is 33.0 Å². The maximum atomic E-state index is 2.60. The maximum absolute atomic E-state index is 2.60. The highest BCUT2D eigenvalue weighted by Gasteiger charge is 2.37. The molecule has 2 saturated carbocycles. The molecule has 0 saturated heterocycles. The highest BCUT2D eigenvalue weighted by atomic mass is 14.4. The molecule has 374 valence electrons. The van der Waals surface area contributed by atoms with E-state index in [1.807, 2.05) is 0 Å². The normalized spacial score (nSPS) is 16.0. The van der Waals surface area contributed by atoms with E-state index in [2.05, 4.69) is 177 Å². The lowest BCUT2D eigenvalue weighted by Gasteiger charge is -2.31.